The minimum atomic E-state index is 0.886. The summed E-state index contributed by atoms with van der Waals surface area (Å²) in [5.74, 6) is 0. The molecule has 0 aliphatic rings. The Bertz CT molecular complexity index is 1790. The molecule has 0 saturated carbocycles. The normalized spacial score (nSPS) is 11.6. The van der Waals surface area contributed by atoms with Crippen molar-refractivity contribution in [3.63, 3.8) is 0 Å². The largest absolute Gasteiger partial charge is 0.456 e. The summed E-state index contributed by atoms with van der Waals surface area (Å²) in [6.45, 7) is 0. The molecule has 5 aromatic carbocycles. The first-order valence-corrected chi connectivity index (χ1v) is 11.0. The van der Waals surface area contributed by atoms with Crippen molar-refractivity contribution in [1.29, 1.82) is 0 Å². The quantitative estimate of drug-likeness (QED) is 0.307. The summed E-state index contributed by atoms with van der Waals surface area (Å²) >= 11 is 0. The molecule has 3 nitrogen and oxygen atoms in total. The maximum Gasteiger partial charge on any atom is 0.137 e. The van der Waals surface area contributed by atoms with Gasteiger partial charge in [0.2, 0.25) is 0 Å². The van der Waals surface area contributed by atoms with Crippen LogP contribution in [0, 0.1) is 0 Å². The van der Waals surface area contributed by atoms with Crippen LogP contribution in [0.25, 0.3) is 55.0 Å². The van der Waals surface area contributed by atoms with E-state index in [2.05, 4.69) is 78.1 Å². The highest BCUT2D eigenvalue weighted by Crippen LogP contribution is 2.34. The topological polar surface area (TPSA) is 38.3 Å². The van der Waals surface area contributed by atoms with Crippen molar-refractivity contribution in [3.05, 3.63) is 109 Å². The van der Waals surface area contributed by atoms with Gasteiger partial charge < -0.3 is 14.2 Å². The molecule has 0 aliphatic heterocycles. The number of hydrogen-bond acceptors (Lipinski definition) is 3. The van der Waals surface area contributed by atoms with Crippen molar-refractivity contribution in [3.8, 4) is 11.1 Å². The van der Waals surface area contributed by atoms with Gasteiger partial charge in [-0.2, -0.15) is 0 Å². The first-order valence-electron chi connectivity index (χ1n) is 11.0. The fraction of sp³-hybridized carbons (Fsp3) is 0. The van der Waals surface area contributed by atoms with E-state index in [4.69, 9.17) is 8.83 Å². The zero-order valence-corrected chi connectivity index (χ0v) is 17.7. The van der Waals surface area contributed by atoms with Crippen LogP contribution >= 0.6 is 0 Å². The molecule has 156 valence electrons. The molecule has 7 rings (SSSR count). The van der Waals surface area contributed by atoms with Crippen LogP contribution in [0.1, 0.15) is 0 Å². The highest BCUT2D eigenvalue weighted by molar-refractivity contribution is 6.06. The van der Waals surface area contributed by atoms with Crippen molar-refractivity contribution in [2.45, 2.75) is 0 Å². The van der Waals surface area contributed by atoms with E-state index in [0.717, 1.165) is 66.4 Å². The lowest BCUT2D eigenvalue weighted by molar-refractivity contribution is 0.668. The van der Waals surface area contributed by atoms with Crippen LogP contribution in [0.2, 0.25) is 0 Å². The molecule has 1 N–H and O–H groups in total. The average Bonchev–Trinajstić information content (AvgIpc) is 3.41. The summed E-state index contributed by atoms with van der Waals surface area (Å²) in [5, 5.41) is 8.06. The van der Waals surface area contributed by atoms with E-state index >= 15 is 0 Å². The maximum atomic E-state index is 6.05. The summed E-state index contributed by atoms with van der Waals surface area (Å²) in [6, 6.07) is 37.4. The second-order valence-corrected chi connectivity index (χ2v) is 8.32. The first-order chi connectivity index (χ1) is 16.3. The Hall–Kier alpha value is -4.50. The fourth-order valence-electron chi connectivity index (χ4n) is 4.62. The third-order valence-corrected chi connectivity index (χ3v) is 6.26. The Morgan fingerprint density at radius 3 is 1.61 bits per heavy atom. The fourth-order valence-corrected chi connectivity index (χ4v) is 4.62. The number of para-hydroxylation sites is 2. The average molecular weight is 425 g/mol. The van der Waals surface area contributed by atoms with E-state index in [0.29, 0.717) is 0 Å². The number of anilines is 2. The van der Waals surface area contributed by atoms with Gasteiger partial charge in [-0.15, -0.1) is 0 Å². The molecule has 0 atom stereocenters. The molecule has 0 radical (unpaired) electrons. The number of hydrogen-bond donors (Lipinski definition) is 1. The van der Waals surface area contributed by atoms with Gasteiger partial charge in [-0.05, 0) is 59.7 Å². The summed E-state index contributed by atoms with van der Waals surface area (Å²) in [7, 11) is 0. The number of rotatable bonds is 3. The van der Waals surface area contributed by atoms with E-state index < -0.39 is 0 Å². The molecule has 0 saturated heterocycles. The van der Waals surface area contributed by atoms with Gasteiger partial charge in [0.25, 0.3) is 0 Å². The van der Waals surface area contributed by atoms with E-state index in [1.165, 1.54) is 0 Å². The molecule has 7 aromatic rings. The minimum Gasteiger partial charge on any atom is -0.456 e. The monoisotopic (exact) mass is 425 g/mol. The predicted molar refractivity (Wildman–Crippen MR) is 136 cm³/mol. The van der Waals surface area contributed by atoms with Crippen LogP contribution in [-0.2, 0) is 0 Å². The van der Waals surface area contributed by atoms with Gasteiger partial charge in [0, 0.05) is 39.0 Å². The highest BCUT2D eigenvalue weighted by Gasteiger charge is 2.09. The van der Waals surface area contributed by atoms with Crippen molar-refractivity contribution < 1.29 is 8.83 Å². The lowest BCUT2D eigenvalue weighted by atomic mass is 10.0. The van der Waals surface area contributed by atoms with Gasteiger partial charge in [-0.25, -0.2) is 0 Å². The third kappa shape index (κ3) is 2.98. The van der Waals surface area contributed by atoms with Crippen LogP contribution in [0.3, 0.4) is 0 Å². The highest BCUT2D eigenvalue weighted by atomic mass is 16.3. The Labute approximate surface area is 189 Å². The van der Waals surface area contributed by atoms with E-state index in [1.807, 2.05) is 36.4 Å². The molecular formula is C30H19NO2. The summed E-state index contributed by atoms with van der Waals surface area (Å²) in [6.07, 6.45) is 0. The zero-order valence-electron chi connectivity index (χ0n) is 17.7. The minimum absolute atomic E-state index is 0.886. The predicted octanol–water partition coefficient (Wildman–Crippen LogP) is 8.90. The smallest absolute Gasteiger partial charge is 0.137 e. The number of nitrogens with one attached hydrogen (secondary N) is 1. The molecule has 0 aliphatic carbocycles. The third-order valence-electron chi connectivity index (χ3n) is 6.26. The van der Waals surface area contributed by atoms with Gasteiger partial charge in [0.1, 0.15) is 22.3 Å². The SMILES string of the molecule is c1ccc2c(c1)oc1cc(Nc3ccc(-c4ccc5c(c4)oc4ccccc45)cc3)ccc12. The lowest BCUT2D eigenvalue weighted by Gasteiger charge is -2.08. The van der Waals surface area contributed by atoms with E-state index in [-0.39, 0.29) is 0 Å². The van der Waals surface area contributed by atoms with Crippen molar-refractivity contribution >= 4 is 55.3 Å². The first kappa shape index (κ1) is 18.1. The van der Waals surface area contributed by atoms with Crippen LogP contribution < -0.4 is 5.32 Å². The molecule has 0 spiro atoms. The summed E-state index contributed by atoms with van der Waals surface area (Å²) in [5.41, 5.74) is 7.94. The molecule has 33 heavy (non-hydrogen) atoms. The summed E-state index contributed by atoms with van der Waals surface area (Å²) in [4.78, 5) is 0. The molecule has 0 fully saturated rings. The number of fused-ring (bicyclic) bond motifs is 6. The van der Waals surface area contributed by atoms with E-state index in [1.54, 1.807) is 0 Å². The Morgan fingerprint density at radius 2 is 0.909 bits per heavy atom. The number of furan rings is 2. The molecule has 2 aromatic heterocycles. The summed E-state index contributed by atoms with van der Waals surface area (Å²) < 4.78 is 12.1. The van der Waals surface area contributed by atoms with Crippen LogP contribution in [0.15, 0.2) is 118 Å². The van der Waals surface area contributed by atoms with Gasteiger partial charge in [-0.3, -0.25) is 0 Å². The standard InChI is InChI=1S/C30H19NO2/c1-3-7-27-23(5-1)25-15-11-20(17-29(25)32-27)19-9-12-21(13-10-19)31-22-14-16-26-24-6-2-4-8-28(24)33-30(26)18-22/h1-18,31H. The molecular weight excluding hydrogens is 406 g/mol. The molecule has 2 heterocycles. The Kier molecular flexibility index (Phi) is 3.84. The lowest BCUT2D eigenvalue weighted by Crippen LogP contribution is -1.89. The molecule has 0 unspecified atom stereocenters. The van der Waals surface area contributed by atoms with Gasteiger partial charge in [0.15, 0.2) is 0 Å². The van der Waals surface area contributed by atoms with Crippen molar-refractivity contribution in [2.24, 2.45) is 0 Å². The molecule has 3 heteroatoms. The van der Waals surface area contributed by atoms with Gasteiger partial charge in [0.05, 0.1) is 0 Å². The van der Waals surface area contributed by atoms with E-state index in [9.17, 15) is 0 Å². The Morgan fingerprint density at radius 1 is 0.394 bits per heavy atom. The zero-order chi connectivity index (χ0) is 21.8. The van der Waals surface area contributed by atoms with Crippen LogP contribution in [0.5, 0.6) is 0 Å². The number of benzene rings is 5. The Balaban J connectivity index is 1.18. The molecule has 0 bridgehead atoms. The second kappa shape index (κ2) is 7.01. The molecule has 0 amide bonds. The van der Waals surface area contributed by atoms with Crippen molar-refractivity contribution in [2.75, 3.05) is 5.32 Å². The van der Waals surface area contributed by atoms with Crippen LogP contribution in [-0.4, -0.2) is 0 Å². The van der Waals surface area contributed by atoms with Crippen molar-refractivity contribution in [1.82, 2.24) is 0 Å². The van der Waals surface area contributed by atoms with Gasteiger partial charge in [-0.1, -0.05) is 54.6 Å². The maximum absolute atomic E-state index is 6.05. The second-order valence-electron chi connectivity index (χ2n) is 8.32. The van der Waals surface area contributed by atoms with Crippen LogP contribution in [0.4, 0.5) is 11.4 Å². The van der Waals surface area contributed by atoms with Gasteiger partial charge >= 0.3 is 0 Å².